The maximum absolute atomic E-state index is 13.0. The van der Waals surface area contributed by atoms with Gasteiger partial charge in [0.1, 0.15) is 0 Å². The number of piperidine rings is 1. The number of carbonyl (C=O) groups excluding carboxylic acids is 2. The molecule has 7 nitrogen and oxygen atoms in total. The van der Waals surface area contributed by atoms with Gasteiger partial charge in [0.2, 0.25) is 5.91 Å². The van der Waals surface area contributed by atoms with E-state index in [2.05, 4.69) is 34.6 Å². The van der Waals surface area contributed by atoms with Crippen molar-refractivity contribution in [3.8, 4) is 0 Å². The second-order valence-corrected chi connectivity index (χ2v) is 8.95. The quantitative estimate of drug-likeness (QED) is 0.600. The summed E-state index contributed by atoms with van der Waals surface area (Å²) in [7, 11) is 0. The van der Waals surface area contributed by atoms with Gasteiger partial charge in [-0.05, 0) is 47.9 Å². The molecule has 3 aromatic rings. The molecule has 0 atom stereocenters. The molecule has 3 heterocycles. The number of nitrogens with zero attached hydrogens (tertiary/aromatic N) is 5. The number of likely N-dealkylation sites (tertiary alicyclic amines) is 2. The van der Waals surface area contributed by atoms with E-state index in [-0.39, 0.29) is 5.91 Å². The van der Waals surface area contributed by atoms with Gasteiger partial charge in [0.15, 0.2) is 5.69 Å². The minimum absolute atomic E-state index is 0.0395. The minimum atomic E-state index is -0.0395. The topological polar surface area (TPSA) is 71.3 Å². The highest BCUT2D eigenvalue weighted by molar-refractivity contribution is 5.92. The number of amides is 2. The third-order valence-corrected chi connectivity index (χ3v) is 6.85. The standard InChI is InChI=1S/C25H29N5O2/c31-24-9-4-13-28(24)14-10-19-11-15-29(16-12-19)25(32)23-18-30(27-26-23)17-21-7-3-6-20-5-1-2-8-22(20)21/h1-3,5-8,18-19H,4,9-17H2. The van der Waals surface area contributed by atoms with Crippen molar-refractivity contribution >= 4 is 22.6 Å². The summed E-state index contributed by atoms with van der Waals surface area (Å²) in [6, 6.07) is 14.5. The zero-order chi connectivity index (χ0) is 21.9. The molecular weight excluding hydrogens is 402 g/mol. The lowest BCUT2D eigenvalue weighted by atomic mass is 9.93. The molecule has 2 aliphatic heterocycles. The van der Waals surface area contributed by atoms with Crippen LogP contribution in [0.15, 0.2) is 48.7 Å². The highest BCUT2D eigenvalue weighted by Gasteiger charge is 2.27. The molecule has 2 aliphatic rings. The average molecular weight is 432 g/mol. The van der Waals surface area contributed by atoms with E-state index in [4.69, 9.17) is 0 Å². The van der Waals surface area contributed by atoms with Gasteiger partial charge in [-0.15, -0.1) is 5.10 Å². The molecule has 0 aliphatic carbocycles. The van der Waals surface area contributed by atoms with Crippen molar-refractivity contribution in [3.05, 3.63) is 59.9 Å². The molecule has 2 fully saturated rings. The van der Waals surface area contributed by atoms with Crippen molar-refractivity contribution in [2.45, 2.75) is 38.6 Å². The second-order valence-electron chi connectivity index (χ2n) is 8.95. The summed E-state index contributed by atoms with van der Waals surface area (Å²) in [5.74, 6) is 0.834. The molecule has 2 amide bonds. The Hall–Kier alpha value is -3.22. The zero-order valence-electron chi connectivity index (χ0n) is 18.3. The van der Waals surface area contributed by atoms with Gasteiger partial charge in [0, 0.05) is 32.6 Å². The number of fused-ring (bicyclic) bond motifs is 1. The molecule has 0 saturated carbocycles. The fourth-order valence-corrected chi connectivity index (χ4v) is 4.94. The fourth-order valence-electron chi connectivity index (χ4n) is 4.94. The Labute approximate surface area is 188 Å². The molecule has 2 saturated heterocycles. The van der Waals surface area contributed by atoms with Gasteiger partial charge in [0.25, 0.3) is 5.91 Å². The Balaban J connectivity index is 1.16. The molecule has 0 spiro atoms. The van der Waals surface area contributed by atoms with Crippen LogP contribution < -0.4 is 0 Å². The average Bonchev–Trinajstić information content (AvgIpc) is 3.47. The Kier molecular flexibility index (Phi) is 5.88. The molecule has 7 heteroatoms. The van der Waals surface area contributed by atoms with Crippen molar-refractivity contribution in [2.24, 2.45) is 5.92 Å². The summed E-state index contributed by atoms with van der Waals surface area (Å²) in [4.78, 5) is 28.6. The van der Waals surface area contributed by atoms with Gasteiger partial charge in [-0.2, -0.15) is 0 Å². The van der Waals surface area contributed by atoms with Gasteiger partial charge in [-0.1, -0.05) is 47.7 Å². The maximum Gasteiger partial charge on any atom is 0.276 e. The minimum Gasteiger partial charge on any atom is -0.343 e. The molecule has 2 aromatic carbocycles. The summed E-state index contributed by atoms with van der Waals surface area (Å²) in [5.41, 5.74) is 1.57. The third kappa shape index (κ3) is 4.38. The fraction of sp³-hybridized carbons (Fsp3) is 0.440. The van der Waals surface area contributed by atoms with E-state index in [1.807, 2.05) is 28.0 Å². The van der Waals surface area contributed by atoms with E-state index < -0.39 is 0 Å². The van der Waals surface area contributed by atoms with Crippen LogP contribution in [-0.2, 0) is 11.3 Å². The first-order chi connectivity index (χ1) is 15.7. The smallest absolute Gasteiger partial charge is 0.276 e. The van der Waals surface area contributed by atoms with E-state index in [1.54, 1.807) is 10.9 Å². The number of benzene rings is 2. The monoisotopic (exact) mass is 431 g/mol. The van der Waals surface area contributed by atoms with Crippen molar-refractivity contribution in [3.63, 3.8) is 0 Å². The Morgan fingerprint density at radius 3 is 2.66 bits per heavy atom. The normalized spacial score (nSPS) is 17.4. The van der Waals surface area contributed by atoms with Gasteiger partial charge in [0.05, 0.1) is 12.7 Å². The number of hydrogen-bond donors (Lipinski definition) is 0. The number of aromatic nitrogens is 3. The second kappa shape index (κ2) is 9.10. The first kappa shape index (κ1) is 20.7. The third-order valence-electron chi connectivity index (χ3n) is 6.85. The first-order valence-corrected chi connectivity index (χ1v) is 11.6. The largest absolute Gasteiger partial charge is 0.343 e. The van der Waals surface area contributed by atoms with Crippen LogP contribution in [0.1, 0.15) is 48.2 Å². The van der Waals surface area contributed by atoms with E-state index in [1.165, 1.54) is 10.8 Å². The lowest BCUT2D eigenvalue weighted by molar-refractivity contribution is -0.127. The van der Waals surface area contributed by atoms with E-state index in [0.717, 1.165) is 57.4 Å². The van der Waals surface area contributed by atoms with Crippen molar-refractivity contribution in [1.82, 2.24) is 24.8 Å². The number of hydrogen-bond acceptors (Lipinski definition) is 4. The summed E-state index contributed by atoms with van der Waals surface area (Å²) in [5, 5.41) is 10.8. The van der Waals surface area contributed by atoms with Crippen LogP contribution in [0.3, 0.4) is 0 Å². The van der Waals surface area contributed by atoms with Gasteiger partial charge < -0.3 is 9.80 Å². The Morgan fingerprint density at radius 2 is 1.84 bits per heavy atom. The molecule has 32 heavy (non-hydrogen) atoms. The van der Waals surface area contributed by atoms with Crippen molar-refractivity contribution in [2.75, 3.05) is 26.2 Å². The van der Waals surface area contributed by atoms with Crippen LogP contribution in [0, 0.1) is 5.92 Å². The van der Waals surface area contributed by atoms with Gasteiger partial charge >= 0.3 is 0 Å². The highest BCUT2D eigenvalue weighted by Crippen LogP contribution is 2.23. The van der Waals surface area contributed by atoms with Gasteiger partial charge in [-0.3, -0.25) is 9.59 Å². The molecule has 0 radical (unpaired) electrons. The van der Waals surface area contributed by atoms with E-state index in [9.17, 15) is 9.59 Å². The number of rotatable bonds is 6. The SMILES string of the molecule is O=C1CCCN1CCC1CCN(C(=O)c2cn(Cc3cccc4ccccc34)nn2)CC1. The highest BCUT2D eigenvalue weighted by atomic mass is 16.2. The zero-order valence-corrected chi connectivity index (χ0v) is 18.3. The predicted molar refractivity (Wildman–Crippen MR) is 122 cm³/mol. The van der Waals surface area contributed by atoms with Crippen LogP contribution in [-0.4, -0.2) is 62.8 Å². The Bertz CT molecular complexity index is 1110. The molecule has 0 unspecified atom stereocenters. The van der Waals surface area contributed by atoms with Crippen LogP contribution in [0.5, 0.6) is 0 Å². The molecule has 0 N–H and O–H groups in total. The summed E-state index contributed by atoms with van der Waals surface area (Å²) in [6.07, 6.45) is 6.46. The lowest BCUT2D eigenvalue weighted by Gasteiger charge is -2.32. The molecule has 0 bridgehead atoms. The molecule has 5 rings (SSSR count). The van der Waals surface area contributed by atoms with Crippen LogP contribution >= 0.6 is 0 Å². The Morgan fingerprint density at radius 1 is 1.03 bits per heavy atom. The molecule has 166 valence electrons. The summed E-state index contributed by atoms with van der Waals surface area (Å²) < 4.78 is 1.74. The van der Waals surface area contributed by atoms with E-state index in [0.29, 0.717) is 30.5 Å². The van der Waals surface area contributed by atoms with Crippen LogP contribution in [0.2, 0.25) is 0 Å². The van der Waals surface area contributed by atoms with Gasteiger partial charge in [-0.25, -0.2) is 4.68 Å². The molecular formula is C25H29N5O2. The number of carbonyl (C=O) groups is 2. The maximum atomic E-state index is 13.0. The van der Waals surface area contributed by atoms with Crippen molar-refractivity contribution in [1.29, 1.82) is 0 Å². The summed E-state index contributed by atoms with van der Waals surface area (Å²) in [6.45, 7) is 3.84. The van der Waals surface area contributed by atoms with Crippen LogP contribution in [0.4, 0.5) is 0 Å². The summed E-state index contributed by atoms with van der Waals surface area (Å²) >= 11 is 0. The lowest BCUT2D eigenvalue weighted by Crippen LogP contribution is -2.39. The van der Waals surface area contributed by atoms with Crippen LogP contribution in [0.25, 0.3) is 10.8 Å². The van der Waals surface area contributed by atoms with E-state index >= 15 is 0 Å². The van der Waals surface area contributed by atoms with Crippen molar-refractivity contribution < 1.29 is 9.59 Å². The predicted octanol–water partition coefficient (Wildman–Crippen LogP) is 3.34. The first-order valence-electron chi connectivity index (χ1n) is 11.6. The molecule has 1 aromatic heterocycles.